The second-order valence-electron chi connectivity index (χ2n) is 5.68. The van der Waals surface area contributed by atoms with Crippen LogP contribution in [0.2, 0.25) is 0 Å². The van der Waals surface area contributed by atoms with Gasteiger partial charge in [0.05, 0.1) is 26.9 Å². The van der Waals surface area contributed by atoms with Gasteiger partial charge < -0.3 is 30.0 Å². The Morgan fingerprint density at radius 1 is 1.30 bits per heavy atom. The zero-order chi connectivity index (χ0) is 20.4. The van der Waals surface area contributed by atoms with Crippen LogP contribution in [0.3, 0.4) is 0 Å². The molecule has 1 aromatic carbocycles. The van der Waals surface area contributed by atoms with Crippen molar-refractivity contribution in [2.75, 3.05) is 20.8 Å². The first-order valence-corrected chi connectivity index (χ1v) is 7.85. The van der Waals surface area contributed by atoms with Crippen LogP contribution in [-0.4, -0.2) is 49.8 Å². The highest BCUT2D eigenvalue weighted by Crippen LogP contribution is 2.45. The highest BCUT2D eigenvalue weighted by atomic mass is 19.4. The van der Waals surface area contributed by atoms with E-state index in [4.69, 9.17) is 14.2 Å². The van der Waals surface area contributed by atoms with Gasteiger partial charge in [0.25, 0.3) is 5.72 Å². The highest BCUT2D eigenvalue weighted by Gasteiger charge is 2.67. The Bertz CT molecular complexity index is 727. The van der Waals surface area contributed by atoms with Crippen LogP contribution >= 0.6 is 0 Å². The maximum Gasteiger partial charge on any atom is 0.437 e. The average molecular weight is 392 g/mol. The lowest BCUT2D eigenvalue weighted by Crippen LogP contribution is -2.73. The average Bonchev–Trinajstić information content (AvgIpc) is 2.59. The van der Waals surface area contributed by atoms with Crippen molar-refractivity contribution in [2.45, 2.75) is 24.9 Å². The Morgan fingerprint density at radius 3 is 2.48 bits per heavy atom. The quantitative estimate of drug-likeness (QED) is 0.656. The summed E-state index contributed by atoms with van der Waals surface area (Å²) >= 11 is 0. The van der Waals surface area contributed by atoms with E-state index in [2.05, 4.69) is 5.32 Å². The van der Waals surface area contributed by atoms with E-state index in [9.17, 15) is 27.9 Å². The molecule has 3 N–H and O–H groups in total. The van der Waals surface area contributed by atoms with Gasteiger partial charge in [-0.25, -0.2) is 4.79 Å². The summed E-state index contributed by atoms with van der Waals surface area (Å²) in [6.45, 7) is 1.18. The van der Waals surface area contributed by atoms with E-state index in [1.807, 2.05) is 0 Å². The smallest absolute Gasteiger partial charge is 0.437 e. The van der Waals surface area contributed by atoms with Crippen LogP contribution in [-0.2, 0) is 9.53 Å². The van der Waals surface area contributed by atoms with Crippen LogP contribution in [0, 0.1) is 5.92 Å². The number of methoxy groups -OCH3 is 2. The number of hydrogen-bond acceptors (Lipinski definition) is 6. The fourth-order valence-corrected chi connectivity index (χ4v) is 2.88. The molecule has 11 heteroatoms. The largest absolute Gasteiger partial charge is 0.497 e. The summed E-state index contributed by atoms with van der Waals surface area (Å²) in [5.74, 6) is -3.26. The van der Waals surface area contributed by atoms with Crippen molar-refractivity contribution in [3.05, 3.63) is 23.8 Å². The molecule has 0 saturated carbocycles. The van der Waals surface area contributed by atoms with Crippen LogP contribution in [0.4, 0.5) is 18.0 Å². The number of amides is 2. The van der Waals surface area contributed by atoms with Crippen LogP contribution in [0.25, 0.3) is 0 Å². The Kier molecular flexibility index (Phi) is 5.73. The molecule has 0 aromatic heterocycles. The summed E-state index contributed by atoms with van der Waals surface area (Å²) in [5, 5.41) is 13.9. The maximum atomic E-state index is 13.6. The normalized spacial score (nSPS) is 25.2. The zero-order valence-corrected chi connectivity index (χ0v) is 14.7. The number of carbonyl (C=O) groups excluding carboxylic acids is 2. The molecule has 1 aliphatic rings. The van der Waals surface area contributed by atoms with Gasteiger partial charge in [0, 0.05) is 5.56 Å². The van der Waals surface area contributed by atoms with Gasteiger partial charge in [-0.15, -0.1) is 0 Å². The minimum absolute atomic E-state index is 0.00688. The van der Waals surface area contributed by atoms with Crippen LogP contribution < -0.4 is 20.1 Å². The zero-order valence-electron chi connectivity index (χ0n) is 14.7. The molecule has 0 spiro atoms. The maximum absolute atomic E-state index is 13.6. The van der Waals surface area contributed by atoms with Gasteiger partial charge in [0.2, 0.25) is 0 Å². The number of benzene rings is 1. The van der Waals surface area contributed by atoms with Crippen LogP contribution in [0.15, 0.2) is 18.2 Å². The SMILES string of the molecule is CCOC(=O)C1C(c2cc(OC)ccc2OC)NC(=O)NC1(O)C(F)(F)F. The van der Waals surface area contributed by atoms with Gasteiger partial charge in [-0.3, -0.25) is 4.79 Å². The second kappa shape index (κ2) is 7.51. The number of urea groups is 1. The monoisotopic (exact) mass is 392 g/mol. The van der Waals surface area contributed by atoms with Gasteiger partial charge in [-0.1, -0.05) is 0 Å². The van der Waals surface area contributed by atoms with Gasteiger partial charge >= 0.3 is 18.2 Å². The fourth-order valence-electron chi connectivity index (χ4n) is 2.88. The third-order valence-electron chi connectivity index (χ3n) is 4.12. The van der Waals surface area contributed by atoms with E-state index in [1.54, 1.807) is 0 Å². The van der Waals surface area contributed by atoms with Gasteiger partial charge in [0.1, 0.15) is 17.4 Å². The lowest BCUT2D eigenvalue weighted by atomic mass is 9.81. The molecule has 3 unspecified atom stereocenters. The molecular weight excluding hydrogens is 373 g/mol. The standard InChI is InChI=1S/C16H19F3N2O6/c1-4-27-13(22)11-12(9-7-8(25-2)5-6-10(9)26-3)20-14(23)21-15(11,24)16(17,18)19/h5-7,11-12,24H,4H2,1-3H3,(H2,20,21,23). The van der Waals surface area contributed by atoms with Crippen molar-refractivity contribution < 1.29 is 42.1 Å². The fraction of sp³-hybridized carbons (Fsp3) is 0.500. The second-order valence-corrected chi connectivity index (χ2v) is 5.68. The van der Waals surface area contributed by atoms with E-state index in [0.717, 1.165) is 0 Å². The first kappa shape index (κ1) is 20.6. The molecule has 8 nitrogen and oxygen atoms in total. The Hall–Kier alpha value is -2.69. The van der Waals surface area contributed by atoms with Crippen molar-refractivity contribution in [3.63, 3.8) is 0 Å². The van der Waals surface area contributed by atoms with Crippen molar-refractivity contribution in [3.8, 4) is 11.5 Å². The van der Waals surface area contributed by atoms with Gasteiger partial charge in [-0.2, -0.15) is 13.2 Å². The Balaban J connectivity index is 2.67. The number of nitrogens with one attached hydrogen (secondary N) is 2. The number of carbonyl (C=O) groups is 2. The number of alkyl halides is 3. The first-order valence-electron chi connectivity index (χ1n) is 7.85. The van der Waals surface area contributed by atoms with E-state index in [1.165, 1.54) is 44.7 Å². The molecule has 1 aromatic rings. The number of ether oxygens (including phenoxy) is 3. The summed E-state index contributed by atoms with van der Waals surface area (Å²) in [4.78, 5) is 24.2. The van der Waals surface area contributed by atoms with E-state index in [0.29, 0.717) is 0 Å². The molecule has 3 atom stereocenters. The number of rotatable bonds is 5. The predicted octanol–water partition coefficient (Wildman–Crippen LogP) is 1.49. The highest BCUT2D eigenvalue weighted by molar-refractivity contribution is 5.83. The molecular formula is C16H19F3N2O6. The van der Waals surface area contributed by atoms with Crippen LogP contribution in [0.5, 0.6) is 11.5 Å². The van der Waals surface area contributed by atoms with E-state index >= 15 is 0 Å². The van der Waals surface area contributed by atoms with Crippen molar-refractivity contribution in [2.24, 2.45) is 5.92 Å². The third kappa shape index (κ3) is 3.72. The molecule has 2 amide bonds. The lowest BCUT2D eigenvalue weighted by molar-refractivity contribution is -0.294. The van der Waals surface area contributed by atoms with Crippen molar-refractivity contribution >= 4 is 12.0 Å². The Labute approximate surface area is 152 Å². The van der Waals surface area contributed by atoms with Crippen molar-refractivity contribution in [1.82, 2.24) is 10.6 Å². The molecule has 1 aliphatic heterocycles. The molecule has 1 saturated heterocycles. The Morgan fingerprint density at radius 2 is 1.96 bits per heavy atom. The number of aliphatic hydroxyl groups is 1. The summed E-state index contributed by atoms with van der Waals surface area (Å²) in [6.07, 6.45) is -5.35. The number of halogens is 3. The van der Waals surface area contributed by atoms with Gasteiger partial charge in [0.15, 0.2) is 0 Å². The van der Waals surface area contributed by atoms with Crippen LogP contribution in [0.1, 0.15) is 18.5 Å². The van der Waals surface area contributed by atoms with Gasteiger partial charge in [-0.05, 0) is 25.1 Å². The molecule has 27 heavy (non-hydrogen) atoms. The summed E-state index contributed by atoms with van der Waals surface area (Å²) in [7, 11) is 2.60. The molecule has 150 valence electrons. The molecule has 2 rings (SSSR count). The predicted molar refractivity (Wildman–Crippen MR) is 85.1 cm³/mol. The summed E-state index contributed by atoms with van der Waals surface area (Å²) in [6, 6.07) is 1.27. The van der Waals surface area contributed by atoms with E-state index < -0.39 is 35.9 Å². The molecule has 0 aliphatic carbocycles. The topological polar surface area (TPSA) is 106 Å². The molecule has 1 heterocycles. The third-order valence-corrected chi connectivity index (χ3v) is 4.12. The minimum atomic E-state index is -5.35. The summed E-state index contributed by atoms with van der Waals surface area (Å²) < 4.78 is 55.7. The minimum Gasteiger partial charge on any atom is -0.497 e. The molecule has 0 bridgehead atoms. The summed E-state index contributed by atoms with van der Waals surface area (Å²) in [5.41, 5.74) is -3.84. The molecule has 1 fully saturated rings. The first-order chi connectivity index (χ1) is 12.6. The van der Waals surface area contributed by atoms with E-state index in [-0.39, 0.29) is 23.7 Å². The number of hydrogen-bond donors (Lipinski definition) is 3. The van der Waals surface area contributed by atoms with Crippen molar-refractivity contribution in [1.29, 1.82) is 0 Å². The molecule has 0 radical (unpaired) electrons. The number of esters is 1. The lowest BCUT2D eigenvalue weighted by Gasteiger charge is -2.44.